The van der Waals surface area contributed by atoms with Crippen molar-refractivity contribution in [3.63, 3.8) is 0 Å². The average molecular weight is 480 g/mol. The van der Waals surface area contributed by atoms with Crippen molar-refractivity contribution >= 4 is 23.6 Å². The Hall–Kier alpha value is -2.79. The number of likely N-dealkylation sites (N-methyl/N-ethyl adjacent to an activating group) is 1. The standard InChI is InChI=1S/C29H33NO3.ClH/c1-30-21-25(30)9-6-20-33-27-17-13-24(14-18-27)29(23-11-15-26(32)16-12-23)28(10-5-19-31)22-7-3-2-4-8-22;/h2-4,7-8,11-18,25,31-32H,5-6,9-10,19-21H2,1H3;1H/b29-28-;/t25-,30?;/m0./s1. The lowest BCUT2D eigenvalue weighted by atomic mass is 9.87. The van der Waals surface area contributed by atoms with E-state index in [-0.39, 0.29) is 24.8 Å². The summed E-state index contributed by atoms with van der Waals surface area (Å²) in [4.78, 5) is 2.35. The average Bonchev–Trinajstić information content (AvgIpc) is 3.56. The number of aliphatic hydroxyl groups is 1. The normalized spacial score (nSPS) is 17.5. The third-order valence-electron chi connectivity index (χ3n) is 6.25. The fraction of sp³-hybridized carbons (Fsp3) is 0.310. The lowest BCUT2D eigenvalue weighted by Crippen LogP contribution is -2.02. The van der Waals surface area contributed by atoms with Crippen molar-refractivity contribution in [3.05, 3.63) is 95.6 Å². The first kappa shape index (κ1) is 25.8. The van der Waals surface area contributed by atoms with Crippen molar-refractivity contribution in [2.24, 2.45) is 0 Å². The largest absolute Gasteiger partial charge is 0.508 e. The molecule has 1 aliphatic heterocycles. The minimum Gasteiger partial charge on any atom is -0.508 e. The minimum atomic E-state index is 0. The fourth-order valence-corrected chi connectivity index (χ4v) is 4.28. The highest BCUT2D eigenvalue weighted by atomic mass is 35.5. The number of rotatable bonds is 11. The van der Waals surface area contributed by atoms with Gasteiger partial charge < -0.3 is 19.8 Å². The maximum Gasteiger partial charge on any atom is 0.119 e. The van der Waals surface area contributed by atoms with E-state index in [0.717, 1.165) is 53.5 Å². The Kier molecular flexibility index (Phi) is 9.58. The monoisotopic (exact) mass is 479 g/mol. The number of phenols is 1. The van der Waals surface area contributed by atoms with E-state index in [4.69, 9.17) is 4.74 Å². The number of ether oxygens (including phenoxy) is 1. The molecule has 34 heavy (non-hydrogen) atoms. The second kappa shape index (κ2) is 12.6. The number of nitrogens with zero attached hydrogens (tertiary/aromatic N) is 1. The number of halogens is 1. The van der Waals surface area contributed by atoms with Gasteiger partial charge in [-0.2, -0.15) is 0 Å². The van der Waals surface area contributed by atoms with Crippen molar-refractivity contribution in [2.45, 2.75) is 31.7 Å². The summed E-state index contributed by atoms with van der Waals surface area (Å²) in [5.41, 5.74) is 5.55. The first-order valence-electron chi connectivity index (χ1n) is 11.8. The van der Waals surface area contributed by atoms with Gasteiger partial charge in [0, 0.05) is 19.2 Å². The summed E-state index contributed by atoms with van der Waals surface area (Å²) in [6.07, 6.45) is 3.69. The van der Waals surface area contributed by atoms with Gasteiger partial charge in [0.1, 0.15) is 11.5 Å². The molecule has 180 valence electrons. The van der Waals surface area contributed by atoms with Crippen molar-refractivity contribution < 1.29 is 14.9 Å². The lowest BCUT2D eigenvalue weighted by molar-refractivity contribution is 0.290. The van der Waals surface area contributed by atoms with Gasteiger partial charge in [-0.25, -0.2) is 0 Å². The molecule has 0 amide bonds. The zero-order valence-corrected chi connectivity index (χ0v) is 20.5. The molecule has 4 rings (SSSR count). The van der Waals surface area contributed by atoms with E-state index < -0.39 is 0 Å². The molecule has 0 aliphatic carbocycles. The summed E-state index contributed by atoms with van der Waals surface area (Å²) in [5, 5.41) is 19.4. The van der Waals surface area contributed by atoms with Crippen LogP contribution >= 0.6 is 12.4 Å². The highest BCUT2D eigenvalue weighted by molar-refractivity contribution is 5.98. The van der Waals surface area contributed by atoms with Crippen molar-refractivity contribution in [1.82, 2.24) is 4.90 Å². The first-order chi connectivity index (χ1) is 16.2. The molecule has 2 N–H and O–H groups in total. The van der Waals surface area contributed by atoms with Crippen LogP contribution in [0.5, 0.6) is 11.5 Å². The van der Waals surface area contributed by atoms with Crippen LogP contribution in [-0.2, 0) is 0 Å². The van der Waals surface area contributed by atoms with E-state index in [1.165, 1.54) is 18.5 Å². The summed E-state index contributed by atoms with van der Waals surface area (Å²) in [6, 6.07) is 26.7. The number of aromatic hydroxyl groups is 1. The van der Waals surface area contributed by atoms with Crippen LogP contribution in [0.2, 0.25) is 0 Å². The third kappa shape index (κ3) is 6.86. The van der Waals surface area contributed by atoms with Crippen LogP contribution in [0.15, 0.2) is 78.9 Å². The summed E-state index contributed by atoms with van der Waals surface area (Å²) in [6.45, 7) is 2.08. The molecular formula is C29H34ClNO3. The Morgan fingerprint density at radius 3 is 2.09 bits per heavy atom. The summed E-state index contributed by atoms with van der Waals surface area (Å²) >= 11 is 0. The summed E-state index contributed by atoms with van der Waals surface area (Å²) in [5.74, 6) is 1.13. The van der Waals surface area contributed by atoms with Gasteiger partial charge in [0.2, 0.25) is 0 Å². The lowest BCUT2D eigenvalue weighted by Gasteiger charge is -2.18. The minimum absolute atomic E-state index is 0. The molecule has 0 spiro atoms. The van der Waals surface area contributed by atoms with Crippen LogP contribution in [0.1, 0.15) is 42.4 Å². The molecule has 4 nitrogen and oxygen atoms in total. The second-order valence-corrected chi connectivity index (χ2v) is 8.70. The molecule has 0 radical (unpaired) electrons. The number of benzene rings is 3. The molecule has 0 saturated carbocycles. The van der Waals surface area contributed by atoms with E-state index in [0.29, 0.717) is 6.42 Å². The van der Waals surface area contributed by atoms with Gasteiger partial charge in [0.25, 0.3) is 0 Å². The molecule has 1 saturated heterocycles. The molecule has 5 heteroatoms. The summed E-state index contributed by atoms with van der Waals surface area (Å²) in [7, 11) is 2.16. The number of aliphatic hydroxyl groups excluding tert-OH is 1. The van der Waals surface area contributed by atoms with Crippen molar-refractivity contribution in [3.8, 4) is 11.5 Å². The molecule has 1 heterocycles. The fourth-order valence-electron chi connectivity index (χ4n) is 4.28. The van der Waals surface area contributed by atoms with Crippen LogP contribution in [0.4, 0.5) is 0 Å². The third-order valence-corrected chi connectivity index (χ3v) is 6.25. The molecule has 1 aliphatic rings. The Morgan fingerprint density at radius 1 is 0.882 bits per heavy atom. The second-order valence-electron chi connectivity index (χ2n) is 8.70. The molecule has 1 fully saturated rings. The molecule has 1 unspecified atom stereocenters. The van der Waals surface area contributed by atoms with Crippen LogP contribution in [0.3, 0.4) is 0 Å². The van der Waals surface area contributed by atoms with Crippen molar-refractivity contribution in [1.29, 1.82) is 0 Å². The number of allylic oxidation sites excluding steroid dienone is 1. The topological polar surface area (TPSA) is 52.7 Å². The van der Waals surface area contributed by atoms with Gasteiger partial charge >= 0.3 is 0 Å². The molecule has 0 aromatic heterocycles. The Labute approximate surface area is 208 Å². The van der Waals surface area contributed by atoms with E-state index in [9.17, 15) is 10.2 Å². The highest BCUT2D eigenvalue weighted by Gasteiger charge is 2.28. The van der Waals surface area contributed by atoms with E-state index in [1.807, 2.05) is 42.5 Å². The smallest absolute Gasteiger partial charge is 0.119 e. The van der Waals surface area contributed by atoms with Crippen LogP contribution in [0.25, 0.3) is 11.1 Å². The maximum atomic E-state index is 9.83. The molecule has 0 bridgehead atoms. The Balaban J connectivity index is 0.00000324. The predicted octanol–water partition coefficient (Wildman–Crippen LogP) is 6.02. The van der Waals surface area contributed by atoms with Crippen molar-refractivity contribution in [2.75, 3.05) is 26.8 Å². The number of hydrogen-bond donors (Lipinski definition) is 2. The number of phenolic OH excluding ortho intramolecular Hbond substituents is 1. The van der Waals surface area contributed by atoms with Gasteiger partial charge in [-0.05, 0) is 84.8 Å². The zero-order valence-electron chi connectivity index (χ0n) is 19.7. The summed E-state index contributed by atoms with van der Waals surface area (Å²) < 4.78 is 5.98. The number of hydrogen-bond acceptors (Lipinski definition) is 4. The van der Waals surface area contributed by atoms with Gasteiger partial charge in [-0.1, -0.05) is 54.6 Å². The zero-order chi connectivity index (χ0) is 23.0. The quantitative estimate of drug-likeness (QED) is 0.200. The molecule has 2 atom stereocenters. The Morgan fingerprint density at radius 2 is 1.50 bits per heavy atom. The van der Waals surface area contributed by atoms with Crippen LogP contribution in [-0.4, -0.2) is 48.0 Å². The van der Waals surface area contributed by atoms with E-state index >= 15 is 0 Å². The van der Waals surface area contributed by atoms with Crippen LogP contribution < -0.4 is 4.74 Å². The van der Waals surface area contributed by atoms with Crippen LogP contribution in [0, 0.1) is 0 Å². The highest BCUT2D eigenvalue weighted by Crippen LogP contribution is 2.36. The first-order valence-corrected chi connectivity index (χ1v) is 11.8. The van der Waals surface area contributed by atoms with E-state index in [1.54, 1.807) is 12.1 Å². The van der Waals surface area contributed by atoms with Gasteiger partial charge in [-0.15, -0.1) is 12.4 Å². The van der Waals surface area contributed by atoms with Gasteiger partial charge in [0.05, 0.1) is 6.61 Å². The van der Waals surface area contributed by atoms with E-state index in [2.05, 4.69) is 36.2 Å². The van der Waals surface area contributed by atoms with Gasteiger partial charge in [-0.3, -0.25) is 0 Å². The molecular weight excluding hydrogens is 446 g/mol. The van der Waals surface area contributed by atoms with Gasteiger partial charge in [0.15, 0.2) is 0 Å². The maximum absolute atomic E-state index is 9.83. The predicted molar refractivity (Wildman–Crippen MR) is 142 cm³/mol. The molecule has 3 aromatic rings. The SMILES string of the molecule is CN1C[C@@H]1CCCOc1ccc(/C(=C(/CCCO)c2ccccc2)c2ccc(O)cc2)cc1.Cl. The molecule has 3 aromatic carbocycles. The Bertz CT molecular complexity index is 1050.